The first-order valence-electron chi connectivity index (χ1n) is 5.95. The van der Waals surface area contributed by atoms with Gasteiger partial charge in [-0.25, -0.2) is 9.37 Å². The van der Waals surface area contributed by atoms with Crippen molar-refractivity contribution in [3.63, 3.8) is 0 Å². The molecule has 0 unspecified atom stereocenters. The molecule has 1 aromatic heterocycles. The number of hydrogen-bond donors (Lipinski definition) is 2. The lowest BCUT2D eigenvalue weighted by Crippen LogP contribution is -2.11. The van der Waals surface area contributed by atoms with E-state index >= 15 is 0 Å². The Balaban J connectivity index is 1.78. The Morgan fingerprint density at radius 3 is 2.89 bits per heavy atom. The van der Waals surface area contributed by atoms with E-state index in [1.54, 1.807) is 12.1 Å². The number of aromatic nitrogens is 1. The molecule has 2 aromatic rings. The summed E-state index contributed by atoms with van der Waals surface area (Å²) in [5, 5.41) is 5.93. The van der Waals surface area contributed by atoms with Crippen molar-refractivity contribution in [2.24, 2.45) is 5.73 Å². The minimum atomic E-state index is -0.420. The molecule has 0 radical (unpaired) electrons. The van der Waals surface area contributed by atoms with Gasteiger partial charge in [-0.2, -0.15) is 0 Å². The van der Waals surface area contributed by atoms with Crippen LogP contribution in [0.5, 0.6) is 0 Å². The fraction of sp³-hybridized carbons (Fsp3) is 0.231. The molecule has 3 N–H and O–H groups in total. The van der Waals surface area contributed by atoms with Gasteiger partial charge >= 0.3 is 0 Å². The van der Waals surface area contributed by atoms with Crippen LogP contribution in [0.25, 0.3) is 0 Å². The molecule has 1 aromatic carbocycles. The molecule has 3 rings (SSSR count). The Labute approximate surface area is 119 Å². The number of anilines is 2. The SMILES string of the molecule is NC(=S)c1ccc(Nc2nc(C3CC3)cs2)cc1F. The van der Waals surface area contributed by atoms with Crippen LogP contribution in [0.15, 0.2) is 23.6 Å². The fourth-order valence-corrected chi connectivity index (χ4v) is 2.80. The van der Waals surface area contributed by atoms with Gasteiger partial charge in [-0.05, 0) is 31.0 Å². The van der Waals surface area contributed by atoms with Gasteiger partial charge in [0.15, 0.2) is 5.13 Å². The zero-order valence-corrected chi connectivity index (χ0v) is 11.7. The minimum Gasteiger partial charge on any atom is -0.389 e. The number of nitrogens with one attached hydrogen (secondary N) is 1. The second kappa shape index (κ2) is 4.86. The van der Waals surface area contributed by atoms with Gasteiger partial charge in [0.1, 0.15) is 10.8 Å². The molecule has 98 valence electrons. The number of nitrogens with zero attached hydrogens (tertiary/aromatic N) is 1. The third-order valence-electron chi connectivity index (χ3n) is 3.00. The van der Waals surface area contributed by atoms with E-state index in [1.165, 1.54) is 30.2 Å². The number of thiazole rings is 1. The lowest BCUT2D eigenvalue weighted by molar-refractivity contribution is 0.626. The Bertz CT molecular complexity index is 635. The number of hydrogen-bond acceptors (Lipinski definition) is 4. The topological polar surface area (TPSA) is 50.9 Å². The van der Waals surface area contributed by atoms with Gasteiger partial charge in [0.2, 0.25) is 0 Å². The van der Waals surface area contributed by atoms with E-state index < -0.39 is 5.82 Å². The average molecular weight is 293 g/mol. The molecule has 3 nitrogen and oxygen atoms in total. The largest absolute Gasteiger partial charge is 0.389 e. The predicted molar refractivity (Wildman–Crippen MR) is 79.7 cm³/mol. The number of benzene rings is 1. The highest BCUT2D eigenvalue weighted by molar-refractivity contribution is 7.80. The maximum Gasteiger partial charge on any atom is 0.187 e. The van der Waals surface area contributed by atoms with Gasteiger partial charge in [0, 0.05) is 22.5 Å². The zero-order chi connectivity index (χ0) is 13.4. The van der Waals surface area contributed by atoms with Gasteiger partial charge in [0.05, 0.1) is 5.69 Å². The molecule has 0 saturated heterocycles. The summed E-state index contributed by atoms with van der Waals surface area (Å²) in [7, 11) is 0. The highest BCUT2D eigenvalue weighted by Crippen LogP contribution is 2.41. The van der Waals surface area contributed by atoms with Gasteiger partial charge in [0.25, 0.3) is 0 Å². The van der Waals surface area contributed by atoms with Crippen molar-refractivity contribution in [2.45, 2.75) is 18.8 Å². The monoisotopic (exact) mass is 293 g/mol. The van der Waals surface area contributed by atoms with E-state index in [1.807, 2.05) is 0 Å². The third-order valence-corrected chi connectivity index (χ3v) is 4.00. The van der Waals surface area contributed by atoms with E-state index in [9.17, 15) is 4.39 Å². The van der Waals surface area contributed by atoms with Crippen molar-refractivity contribution in [3.05, 3.63) is 40.7 Å². The van der Waals surface area contributed by atoms with Crippen LogP contribution in [0.3, 0.4) is 0 Å². The number of nitrogens with two attached hydrogens (primary N) is 1. The van der Waals surface area contributed by atoms with Crippen LogP contribution in [0.1, 0.15) is 30.0 Å². The summed E-state index contributed by atoms with van der Waals surface area (Å²) in [6, 6.07) is 4.71. The Morgan fingerprint density at radius 1 is 1.47 bits per heavy atom. The van der Waals surface area contributed by atoms with E-state index in [0.29, 0.717) is 11.6 Å². The number of thiocarbonyl (C=S) groups is 1. The van der Waals surface area contributed by atoms with Crippen molar-refractivity contribution in [2.75, 3.05) is 5.32 Å². The van der Waals surface area contributed by atoms with Gasteiger partial charge in [-0.15, -0.1) is 11.3 Å². The molecule has 19 heavy (non-hydrogen) atoms. The van der Waals surface area contributed by atoms with Crippen LogP contribution in [0, 0.1) is 5.82 Å². The van der Waals surface area contributed by atoms with Crippen LogP contribution in [0.4, 0.5) is 15.2 Å². The molecule has 1 fully saturated rings. The molecule has 6 heteroatoms. The highest BCUT2D eigenvalue weighted by Gasteiger charge is 2.26. The molecule has 0 amide bonds. The molecule has 1 heterocycles. The van der Waals surface area contributed by atoms with E-state index in [4.69, 9.17) is 18.0 Å². The lowest BCUT2D eigenvalue weighted by Gasteiger charge is -2.05. The van der Waals surface area contributed by atoms with Crippen molar-refractivity contribution < 1.29 is 4.39 Å². The first-order valence-corrected chi connectivity index (χ1v) is 7.24. The van der Waals surface area contributed by atoms with Crippen LogP contribution in [-0.4, -0.2) is 9.97 Å². The molecule has 1 aliphatic rings. The second-order valence-electron chi connectivity index (χ2n) is 4.54. The van der Waals surface area contributed by atoms with Crippen LogP contribution in [-0.2, 0) is 0 Å². The van der Waals surface area contributed by atoms with Crippen LogP contribution >= 0.6 is 23.6 Å². The molecule has 0 spiro atoms. The van der Waals surface area contributed by atoms with Crippen molar-refractivity contribution >= 4 is 39.4 Å². The summed E-state index contributed by atoms with van der Waals surface area (Å²) >= 11 is 6.30. The second-order valence-corrected chi connectivity index (χ2v) is 5.83. The normalized spacial score (nSPS) is 14.4. The van der Waals surface area contributed by atoms with Crippen LogP contribution < -0.4 is 11.1 Å². The molecular formula is C13H12FN3S2. The standard InChI is InChI=1S/C13H12FN3S2/c14-10-5-8(3-4-9(10)12(15)18)16-13-17-11(6-19-13)7-1-2-7/h3-7H,1-2H2,(H2,15,18)(H,16,17). The lowest BCUT2D eigenvalue weighted by atomic mass is 10.2. The predicted octanol–water partition coefficient (Wildman–Crippen LogP) is 3.54. The minimum absolute atomic E-state index is 0.0642. The van der Waals surface area contributed by atoms with Gasteiger partial charge < -0.3 is 11.1 Å². The molecule has 0 aliphatic heterocycles. The fourth-order valence-electron chi connectivity index (χ4n) is 1.83. The summed E-state index contributed by atoms with van der Waals surface area (Å²) in [6.45, 7) is 0. The Morgan fingerprint density at radius 2 is 2.26 bits per heavy atom. The summed E-state index contributed by atoms with van der Waals surface area (Å²) < 4.78 is 13.7. The van der Waals surface area contributed by atoms with Crippen molar-refractivity contribution in [1.29, 1.82) is 0 Å². The average Bonchev–Trinajstić information content (AvgIpc) is 3.10. The first kappa shape index (κ1) is 12.5. The maximum absolute atomic E-state index is 13.7. The molecular weight excluding hydrogens is 281 g/mol. The first-order chi connectivity index (χ1) is 9.13. The third kappa shape index (κ3) is 2.74. The molecule has 1 saturated carbocycles. The van der Waals surface area contributed by atoms with Gasteiger partial charge in [-0.3, -0.25) is 0 Å². The van der Waals surface area contributed by atoms with Crippen LogP contribution in [0.2, 0.25) is 0 Å². The van der Waals surface area contributed by atoms with E-state index in [-0.39, 0.29) is 10.6 Å². The molecule has 0 bridgehead atoms. The summed E-state index contributed by atoms with van der Waals surface area (Å²) in [5.41, 5.74) is 7.46. The zero-order valence-electron chi connectivity index (χ0n) is 10.0. The van der Waals surface area contributed by atoms with E-state index in [2.05, 4.69) is 15.7 Å². The summed E-state index contributed by atoms with van der Waals surface area (Å²) in [6.07, 6.45) is 2.45. The maximum atomic E-state index is 13.7. The summed E-state index contributed by atoms with van der Waals surface area (Å²) in [5.74, 6) is 0.206. The Hall–Kier alpha value is -1.53. The molecule has 0 atom stereocenters. The highest BCUT2D eigenvalue weighted by atomic mass is 32.1. The molecule has 1 aliphatic carbocycles. The number of rotatable bonds is 4. The van der Waals surface area contributed by atoms with E-state index in [0.717, 1.165) is 10.8 Å². The number of halogens is 1. The van der Waals surface area contributed by atoms with Crippen molar-refractivity contribution in [1.82, 2.24) is 4.98 Å². The quantitative estimate of drug-likeness (QED) is 0.847. The Kier molecular flexibility index (Phi) is 3.20. The smallest absolute Gasteiger partial charge is 0.187 e. The van der Waals surface area contributed by atoms with Crippen molar-refractivity contribution in [3.8, 4) is 0 Å². The summed E-state index contributed by atoms with van der Waals surface area (Å²) in [4.78, 5) is 4.55. The van der Waals surface area contributed by atoms with Gasteiger partial charge in [-0.1, -0.05) is 12.2 Å².